The number of aryl methyl sites for hydroxylation is 1. The molecule has 162 valence electrons. The molecule has 1 aliphatic heterocycles. The first kappa shape index (κ1) is 22.2. The molecular formula is C21H34N2O5Si. The molecule has 0 aromatic carbocycles. The third kappa shape index (κ3) is 4.35. The van der Waals surface area contributed by atoms with E-state index in [4.69, 9.17) is 13.9 Å². The molecular weight excluding hydrogens is 388 g/mol. The summed E-state index contributed by atoms with van der Waals surface area (Å²) in [6.45, 7) is 17.2. The van der Waals surface area contributed by atoms with E-state index in [2.05, 4.69) is 38.8 Å². The summed E-state index contributed by atoms with van der Waals surface area (Å²) in [5, 5.41) is 0.151. The van der Waals surface area contributed by atoms with Gasteiger partial charge in [-0.25, -0.2) is 4.79 Å². The molecule has 1 fully saturated rings. The second kappa shape index (κ2) is 7.33. The zero-order valence-electron chi connectivity index (χ0n) is 18.8. The monoisotopic (exact) mass is 422 g/mol. The van der Waals surface area contributed by atoms with E-state index in [0.29, 0.717) is 12.2 Å². The molecule has 8 heteroatoms. The fraction of sp³-hybridized carbons (Fsp3) is 0.714. The van der Waals surface area contributed by atoms with Crippen molar-refractivity contribution < 1.29 is 13.9 Å². The van der Waals surface area contributed by atoms with Gasteiger partial charge in [-0.3, -0.25) is 14.3 Å². The number of fused-ring (bicyclic) bond motifs is 1. The van der Waals surface area contributed by atoms with E-state index in [9.17, 15) is 9.59 Å². The van der Waals surface area contributed by atoms with E-state index in [1.807, 2.05) is 19.9 Å². The molecule has 0 bridgehead atoms. The zero-order chi connectivity index (χ0) is 21.8. The maximum absolute atomic E-state index is 12.5. The van der Waals surface area contributed by atoms with Crippen LogP contribution in [-0.4, -0.2) is 42.5 Å². The summed E-state index contributed by atoms with van der Waals surface area (Å²) in [6.07, 6.45) is 3.83. The number of ether oxygens (including phenoxy) is 2. The zero-order valence-corrected chi connectivity index (χ0v) is 19.8. The lowest BCUT2D eigenvalue weighted by molar-refractivity contribution is -0.148. The molecule has 1 saturated heterocycles. The number of aromatic amines is 1. The molecule has 0 amide bonds. The van der Waals surface area contributed by atoms with Crippen molar-refractivity contribution in [2.45, 2.75) is 90.1 Å². The van der Waals surface area contributed by atoms with Crippen LogP contribution in [0.3, 0.4) is 0 Å². The minimum absolute atomic E-state index is 0.151. The average Bonchev–Trinajstić information content (AvgIpc) is 3.04. The highest BCUT2D eigenvalue weighted by atomic mass is 28.4. The van der Waals surface area contributed by atoms with E-state index in [-0.39, 0.29) is 28.8 Å². The number of aromatic nitrogens is 2. The Balaban J connectivity index is 1.85. The van der Waals surface area contributed by atoms with Crippen molar-refractivity contribution in [3.63, 3.8) is 0 Å². The van der Waals surface area contributed by atoms with Gasteiger partial charge in [0.1, 0.15) is 12.2 Å². The van der Waals surface area contributed by atoms with Gasteiger partial charge in [0.05, 0.1) is 6.04 Å². The SMILES string of the molecule is Cc1cn([C@@H]2C=C(CCO[Si](C)(C)C(C)(C)C)[C@H]3OC(C)(C)O[C@H]32)c(=O)[nH]c1=O. The predicted octanol–water partition coefficient (Wildman–Crippen LogP) is 3.26. The van der Waals surface area contributed by atoms with E-state index in [0.717, 1.165) is 12.0 Å². The lowest BCUT2D eigenvalue weighted by Gasteiger charge is -2.36. The molecule has 0 saturated carbocycles. The highest BCUT2D eigenvalue weighted by molar-refractivity contribution is 6.74. The van der Waals surface area contributed by atoms with Crippen molar-refractivity contribution in [1.29, 1.82) is 0 Å². The van der Waals surface area contributed by atoms with Crippen LogP contribution in [0.5, 0.6) is 0 Å². The van der Waals surface area contributed by atoms with Gasteiger partial charge in [0.25, 0.3) is 5.56 Å². The van der Waals surface area contributed by atoms with Crippen LogP contribution in [0.1, 0.15) is 52.6 Å². The van der Waals surface area contributed by atoms with Gasteiger partial charge in [-0.1, -0.05) is 26.8 Å². The van der Waals surface area contributed by atoms with Crippen molar-refractivity contribution in [3.8, 4) is 0 Å². The van der Waals surface area contributed by atoms with Gasteiger partial charge in [0.15, 0.2) is 14.1 Å². The summed E-state index contributed by atoms with van der Waals surface area (Å²) in [7, 11) is -1.84. The average molecular weight is 423 g/mol. The molecule has 7 nitrogen and oxygen atoms in total. The van der Waals surface area contributed by atoms with Crippen molar-refractivity contribution in [1.82, 2.24) is 9.55 Å². The Morgan fingerprint density at radius 1 is 1.24 bits per heavy atom. The summed E-state index contributed by atoms with van der Waals surface area (Å²) >= 11 is 0. The number of hydrogen-bond donors (Lipinski definition) is 1. The summed E-state index contributed by atoms with van der Waals surface area (Å²) < 4.78 is 20.2. The maximum atomic E-state index is 12.5. The third-order valence-electron chi connectivity index (χ3n) is 6.34. The van der Waals surface area contributed by atoms with Crippen LogP contribution in [0.25, 0.3) is 0 Å². The Hall–Kier alpha value is -1.48. The molecule has 0 radical (unpaired) electrons. The van der Waals surface area contributed by atoms with Crippen molar-refractivity contribution >= 4 is 8.32 Å². The number of hydrogen-bond acceptors (Lipinski definition) is 5. The standard InChI is InChI=1S/C21H34N2O5Si/c1-13-12-23(19(25)22-18(13)24)15-11-14(16-17(15)28-21(5,6)27-16)9-10-26-29(7,8)20(2,3)4/h11-12,15-17H,9-10H2,1-8H3,(H,22,24,25)/t15-,16-,17+/m1/s1. The molecule has 1 aromatic heterocycles. The van der Waals surface area contributed by atoms with Crippen LogP contribution >= 0.6 is 0 Å². The smallest absolute Gasteiger partial charge is 0.328 e. The van der Waals surface area contributed by atoms with Crippen LogP contribution in [0.4, 0.5) is 0 Å². The van der Waals surface area contributed by atoms with E-state index in [1.54, 1.807) is 17.7 Å². The topological polar surface area (TPSA) is 82.6 Å². The van der Waals surface area contributed by atoms with Gasteiger partial charge in [-0.05, 0) is 50.9 Å². The molecule has 1 aliphatic carbocycles. The Labute approximate surface area is 173 Å². The van der Waals surface area contributed by atoms with Crippen LogP contribution in [0, 0.1) is 6.92 Å². The molecule has 3 atom stereocenters. The predicted molar refractivity (Wildman–Crippen MR) is 115 cm³/mol. The van der Waals surface area contributed by atoms with Gasteiger partial charge < -0.3 is 13.9 Å². The van der Waals surface area contributed by atoms with E-state index < -0.39 is 19.8 Å². The maximum Gasteiger partial charge on any atom is 0.328 e. The van der Waals surface area contributed by atoms with Crippen LogP contribution in [0.2, 0.25) is 18.1 Å². The summed E-state index contributed by atoms with van der Waals surface area (Å²) in [4.78, 5) is 26.6. The first-order chi connectivity index (χ1) is 13.2. The van der Waals surface area contributed by atoms with Crippen LogP contribution in [0.15, 0.2) is 27.4 Å². The summed E-state index contributed by atoms with van der Waals surface area (Å²) in [5.41, 5.74) is 0.770. The molecule has 0 spiro atoms. The van der Waals surface area contributed by atoms with Gasteiger partial charge in [-0.2, -0.15) is 0 Å². The lowest BCUT2D eigenvalue weighted by atomic mass is 10.1. The minimum Gasteiger partial charge on any atom is -0.417 e. The highest BCUT2D eigenvalue weighted by Gasteiger charge is 2.50. The molecule has 2 aliphatic rings. The van der Waals surface area contributed by atoms with Crippen molar-refractivity contribution in [2.24, 2.45) is 0 Å². The van der Waals surface area contributed by atoms with E-state index >= 15 is 0 Å². The summed E-state index contributed by atoms with van der Waals surface area (Å²) in [5.74, 6) is -0.728. The lowest BCUT2D eigenvalue weighted by Crippen LogP contribution is -2.41. The quantitative estimate of drug-likeness (QED) is 0.582. The molecule has 3 rings (SSSR count). The Bertz CT molecular complexity index is 922. The molecule has 0 unspecified atom stereocenters. The molecule has 1 N–H and O–H groups in total. The van der Waals surface area contributed by atoms with Crippen molar-refractivity contribution in [2.75, 3.05) is 6.61 Å². The van der Waals surface area contributed by atoms with Gasteiger partial charge >= 0.3 is 5.69 Å². The first-order valence-electron chi connectivity index (χ1n) is 10.2. The highest BCUT2D eigenvalue weighted by Crippen LogP contribution is 2.44. The number of nitrogens with one attached hydrogen (secondary N) is 1. The second-order valence-electron chi connectivity index (χ2n) is 10.1. The number of H-pyrrole nitrogens is 1. The second-order valence-corrected chi connectivity index (χ2v) is 14.9. The number of rotatable bonds is 5. The van der Waals surface area contributed by atoms with Gasteiger partial charge in [-0.15, -0.1) is 0 Å². The van der Waals surface area contributed by atoms with Crippen molar-refractivity contribution in [3.05, 3.63) is 44.2 Å². The van der Waals surface area contributed by atoms with Gasteiger partial charge in [0, 0.05) is 18.4 Å². The van der Waals surface area contributed by atoms with Crippen LogP contribution < -0.4 is 11.2 Å². The summed E-state index contributed by atoms with van der Waals surface area (Å²) in [6, 6.07) is -0.326. The number of nitrogens with zero attached hydrogens (tertiary/aromatic N) is 1. The molecule has 1 aromatic rings. The Morgan fingerprint density at radius 2 is 1.90 bits per heavy atom. The molecule has 2 heterocycles. The minimum atomic E-state index is -1.84. The normalized spacial score (nSPS) is 26.5. The van der Waals surface area contributed by atoms with Gasteiger partial charge in [0.2, 0.25) is 0 Å². The first-order valence-corrected chi connectivity index (χ1v) is 13.1. The third-order valence-corrected chi connectivity index (χ3v) is 10.9. The molecule has 29 heavy (non-hydrogen) atoms. The van der Waals surface area contributed by atoms with Crippen LogP contribution in [-0.2, 0) is 13.9 Å². The Morgan fingerprint density at radius 3 is 2.52 bits per heavy atom. The fourth-order valence-corrected chi connectivity index (χ4v) is 4.69. The Kier molecular flexibility index (Phi) is 5.62. The largest absolute Gasteiger partial charge is 0.417 e. The van der Waals surface area contributed by atoms with E-state index in [1.165, 1.54) is 0 Å². The fourth-order valence-electron chi connectivity index (χ4n) is 3.65.